The van der Waals surface area contributed by atoms with E-state index in [0.29, 0.717) is 31.7 Å². The molecule has 0 spiro atoms. The topological polar surface area (TPSA) is 91.2 Å². The quantitative estimate of drug-likeness (QED) is 0.466. The Morgan fingerprint density at radius 3 is 2.36 bits per heavy atom. The summed E-state index contributed by atoms with van der Waals surface area (Å²) in [6, 6.07) is 7.31. The summed E-state index contributed by atoms with van der Waals surface area (Å²) >= 11 is 0. The first-order valence-corrected chi connectivity index (χ1v) is 17.9. The standard InChI is InChI=1S/C33H47FN6O3S/c1-23-21-38(33(4)12-16-37(17-13-33)32(41)30-24(2)35-22-36-25(30)3)18-19-40(23)31(27-6-5-7-28(34)20-27)26-10-14-39(15-11-26)44(42,43)29-8-9-29/h5-7,20,22-23,26,29,31H,8-19,21H2,1-4H3/p+1/t23-,31+/m0/s1. The van der Waals surface area contributed by atoms with Gasteiger partial charge in [0, 0.05) is 70.4 Å². The first-order chi connectivity index (χ1) is 21.0. The molecule has 1 N–H and O–H groups in total. The van der Waals surface area contributed by atoms with Gasteiger partial charge in [0.15, 0.2) is 5.69 Å². The minimum atomic E-state index is -3.18. The van der Waals surface area contributed by atoms with Crippen LogP contribution in [0.4, 0.5) is 4.39 Å². The number of hydrogen-bond donors (Lipinski definition) is 0. The lowest BCUT2D eigenvalue weighted by Gasteiger charge is -2.54. The molecule has 4 fully saturated rings. The van der Waals surface area contributed by atoms with E-state index >= 15 is 0 Å². The van der Waals surface area contributed by atoms with E-state index in [-0.39, 0.29) is 40.5 Å². The molecule has 6 rings (SSSR count). The maximum absolute atomic E-state index is 14.5. The van der Waals surface area contributed by atoms with Gasteiger partial charge in [-0.2, -0.15) is 0 Å². The van der Waals surface area contributed by atoms with Gasteiger partial charge in [-0.15, -0.1) is 0 Å². The molecule has 3 aliphatic heterocycles. The maximum Gasteiger partial charge on any atom is 0.284 e. The Morgan fingerprint density at radius 1 is 1.05 bits per heavy atom. The van der Waals surface area contributed by atoms with Gasteiger partial charge in [0.1, 0.15) is 17.1 Å². The fourth-order valence-corrected chi connectivity index (χ4v) is 9.81. The van der Waals surface area contributed by atoms with Crippen LogP contribution in [0.25, 0.3) is 0 Å². The van der Waals surface area contributed by atoms with Crippen LogP contribution in [0.3, 0.4) is 0 Å². The van der Waals surface area contributed by atoms with Crippen LogP contribution in [-0.4, -0.2) is 101 Å². The van der Waals surface area contributed by atoms with Gasteiger partial charge >= 0.3 is 0 Å². The zero-order valence-electron chi connectivity index (χ0n) is 26.6. The van der Waals surface area contributed by atoms with Crippen LogP contribution in [0.1, 0.15) is 85.7 Å². The lowest BCUT2D eigenvalue weighted by molar-refractivity contribution is -0.392. The van der Waals surface area contributed by atoms with Crippen molar-refractivity contribution >= 4 is 15.9 Å². The molecule has 2 atom stereocenters. The van der Waals surface area contributed by atoms with Crippen molar-refractivity contribution in [3.05, 3.63) is 58.9 Å². The molecule has 1 saturated carbocycles. The Morgan fingerprint density at radius 2 is 1.75 bits per heavy atom. The number of benzene rings is 1. The molecular formula is C33H48FN6O3S+. The summed E-state index contributed by atoms with van der Waals surface area (Å²) in [5.74, 6) is 0.0901. The number of likely N-dealkylation sites (tertiary alicyclic amines) is 1. The van der Waals surface area contributed by atoms with Crippen LogP contribution in [-0.2, 0) is 10.0 Å². The minimum Gasteiger partial charge on any atom is -0.338 e. The van der Waals surface area contributed by atoms with Crippen molar-refractivity contribution in [1.29, 1.82) is 0 Å². The van der Waals surface area contributed by atoms with E-state index in [0.717, 1.165) is 75.1 Å². The fourth-order valence-electron chi connectivity index (χ4n) is 7.94. The monoisotopic (exact) mass is 627 g/mol. The van der Waals surface area contributed by atoms with E-state index in [2.05, 4.69) is 33.6 Å². The Balaban J connectivity index is 1.12. The second-order valence-electron chi connectivity index (χ2n) is 13.8. The molecule has 4 aliphatic rings. The molecule has 11 heteroatoms. The minimum absolute atomic E-state index is 0.000850. The van der Waals surface area contributed by atoms with Crippen molar-refractivity contribution in [2.75, 3.05) is 45.8 Å². The van der Waals surface area contributed by atoms with Crippen LogP contribution in [0.5, 0.6) is 0 Å². The number of aromatic nitrogens is 2. The number of halogens is 1. The Labute approximate surface area is 261 Å². The number of carbonyl (C=O) groups excluding carboxylic acids is 1. The number of sulfonamides is 1. The smallest absolute Gasteiger partial charge is 0.284 e. The molecule has 4 heterocycles. The predicted molar refractivity (Wildman–Crippen MR) is 167 cm³/mol. The molecule has 1 aromatic heterocycles. The number of H-pyrrole nitrogens is 1. The Hall–Kier alpha value is -2.47. The van der Waals surface area contributed by atoms with Gasteiger partial charge < -0.3 is 4.90 Å². The first-order valence-electron chi connectivity index (χ1n) is 16.4. The van der Waals surface area contributed by atoms with E-state index in [1.807, 2.05) is 24.8 Å². The summed E-state index contributed by atoms with van der Waals surface area (Å²) in [6.45, 7) is 13.6. The lowest BCUT2D eigenvalue weighted by Crippen LogP contribution is -2.63. The van der Waals surface area contributed by atoms with Crippen LogP contribution in [0.15, 0.2) is 30.6 Å². The Bertz CT molecular complexity index is 1450. The molecule has 1 aliphatic carbocycles. The summed E-state index contributed by atoms with van der Waals surface area (Å²) < 4.78 is 42.0. The highest BCUT2D eigenvalue weighted by Gasteiger charge is 2.45. The van der Waals surface area contributed by atoms with E-state index in [9.17, 15) is 17.6 Å². The first kappa shape index (κ1) is 31.5. The van der Waals surface area contributed by atoms with Crippen LogP contribution in [0, 0.1) is 25.6 Å². The number of nitrogens with zero attached hydrogens (tertiary/aromatic N) is 5. The fraction of sp³-hybridized carbons (Fsp3) is 0.667. The zero-order chi connectivity index (χ0) is 31.2. The highest BCUT2D eigenvalue weighted by Crippen LogP contribution is 2.41. The van der Waals surface area contributed by atoms with E-state index < -0.39 is 10.0 Å². The third-order valence-corrected chi connectivity index (χ3v) is 13.3. The van der Waals surface area contributed by atoms with Crippen LogP contribution in [0.2, 0.25) is 0 Å². The molecule has 2 aromatic rings. The second-order valence-corrected chi connectivity index (χ2v) is 16.0. The number of aryl methyl sites for hydroxylation is 2. The molecule has 1 amide bonds. The van der Waals surface area contributed by atoms with Crippen molar-refractivity contribution < 1.29 is 22.6 Å². The second kappa shape index (κ2) is 12.4. The van der Waals surface area contributed by atoms with Gasteiger partial charge in [0.2, 0.25) is 10.0 Å². The van der Waals surface area contributed by atoms with Gasteiger partial charge in [-0.05, 0) is 82.9 Å². The number of amides is 1. The molecule has 0 unspecified atom stereocenters. The number of piperazine rings is 1. The highest BCUT2D eigenvalue weighted by atomic mass is 32.2. The van der Waals surface area contributed by atoms with Gasteiger partial charge in [-0.25, -0.2) is 22.1 Å². The predicted octanol–water partition coefficient (Wildman–Crippen LogP) is 3.60. The van der Waals surface area contributed by atoms with Crippen molar-refractivity contribution in [2.24, 2.45) is 5.92 Å². The number of carbonyl (C=O) groups is 1. The van der Waals surface area contributed by atoms with Crippen molar-refractivity contribution in [1.82, 2.24) is 24.0 Å². The van der Waals surface area contributed by atoms with Crippen LogP contribution < -0.4 is 4.98 Å². The lowest BCUT2D eigenvalue weighted by atomic mass is 9.82. The summed E-state index contributed by atoms with van der Waals surface area (Å²) in [6.07, 6.45) is 6.60. The summed E-state index contributed by atoms with van der Waals surface area (Å²) in [5, 5.41) is -0.181. The number of rotatable bonds is 7. The molecule has 0 bridgehead atoms. The van der Waals surface area contributed by atoms with Crippen LogP contribution >= 0.6 is 0 Å². The van der Waals surface area contributed by atoms with E-state index in [1.54, 1.807) is 22.8 Å². The third kappa shape index (κ3) is 6.17. The molecule has 240 valence electrons. The van der Waals surface area contributed by atoms with Crippen molar-refractivity contribution in [3.8, 4) is 0 Å². The number of piperidine rings is 2. The van der Waals surface area contributed by atoms with E-state index in [1.165, 1.54) is 6.07 Å². The Kier molecular flexibility index (Phi) is 8.86. The van der Waals surface area contributed by atoms with Gasteiger partial charge in [0.05, 0.1) is 5.25 Å². The van der Waals surface area contributed by atoms with E-state index in [4.69, 9.17) is 0 Å². The zero-order valence-corrected chi connectivity index (χ0v) is 27.5. The number of hydrogen-bond acceptors (Lipinski definition) is 6. The summed E-state index contributed by atoms with van der Waals surface area (Å²) in [7, 11) is -3.18. The van der Waals surface area contributed by atoms with Gasteiger partial charge in [-0.3, -0.25) is 14.6 Å². The summed E-state index contributed by atoms with van der Waals surface area (Å²) in [4.78, 5) is 27.9. The molecule has 1 aromatic carbocycles. The van der Waals surface area contributed by atoms with Gasteiger partial charge in [-0.1, -0.05) is 17.1 Å². The molecule has 3 saturated heterocycles. The molecule has 0 radical (unpaired) electrons. The number of nitrogens with one attached hydrogen (secondary N) is 1. The highest BCUT2D eigenvalue weighted by molar-refractivity contribution is 7.90. The van der Waals surface area contributed by atoms with Gasteiger partial charge in [0.25, 0.3) is 12.2 Å². The molecule has 44 heavy (non-hydrogen) atoms. The SMILES string of the molecule is Cc1nc[nH+]c(C)c1C(=O)N1CCC(C)(N2CCN([C@@H](c3cccc(F)c3)C3CCN(S(=O)(=O)C4CC4)CC3)[C@@H](C)C2)CC1. The van der Waals surface area contributed by atoms with Crippen molar-refractivity contribution in [3.63, 3.8) is 0 Å². The largest absolute Gasteiger partial charge is 0.338 e. The average Bonchev–Trinajstić information content (AvgIpc) is 3.85. The van der Waals surface area contributed by atoms with Crippen molar-refractivity contribution in [2.45, 2.75) is 89.1 Å². The average molecular weight is 628 g/mol. The summed E-state index contributed by atoms with van der Waals surface area (Å²) in [5.41, 5.74) is 3.28. The molecule has 9 nitrogen and oxygen atoms in total. The normalized spacial score (nSPS) is 25.2. The maximum atomic E-state index is 14.5. The third-order valence-electron chi connectivity index (χ3n) is 10.9. The molecular weight excluding hydrogens is 579 g/mol. The number of aromatic amines is 1.